The zero-order valence-electron chi connectivity index (χ0n) is 8.91. The number of thioether (sulfide) groups is 1. The van der Waals surface area contributed by atoms with E-state index < -0.39 is 12.0 Å². The van der Waals surface area contributed by atoms with Crippen LogP contribution >= 0.6 is 11.8 Å². The van der Waals surface area contributed by atoms with Crippen molar-refractivity contribution in [2.45, 2.75) is 6.04 Å². The zero-order valence-corrected chi connectivity index (χ0v) is 9.72. The third kappa shape index (κ3) is 3.10. The normalized spacial score (nSPS) is 19.5. The number of nitrogens with zero attached hydrogens (tertiary/aromatic N) is 1. The van der Waals surface area contributed by atoms with Crippen LogP contribution in [-0.4, -0.2) is 33.0 Å². The minimum Gasteiger partial charge on any atom is -0.508 e. The molecule has 0 radical (unpaired) electrons. The SMILES string of the molecule is O=C(O)[C@@H]1CSC(/C=C/c2ccc(O)cc2)=N1. The van der Waals surface area contributed by atoms with E-state index in [4.69, 9.17) is 10.2 Å². The molecule has 0 aliphatic carbocycles. The first kappa shape index (κ1) is 11.7. The number of rotatable bonds is 3. The smallest absolute Gasteiger partial charge is 0.329 e. The second kappa shape index (κ2) is 5.05. The van der Waals surface area contributed by atoms with Crippen molar-refractivity contribution < 1.29 is 15.0 Å². The Morgan fingerprint density at radius 1 is 1.35 bits per heavy atom. The van der Waals surface area contributed by atoms with Crippen molar-refractivity contribution in [3.63, 3.8) is 0 Å². The lowest BCUT2D eigenvalue weighted by atomic mass is 10.2. The van der Waals surface area contributed by atoms with Crippen LogP contribution in [0.5, 0.6) is 5.75 Å². The van der Waals surface area contributed by atoms with Crippen LogP contribution in [0.25, 0.3) is 6.08 Å². The number of hydrogen-bond acceptors (Lipinski definition) is 4. The standard InChI is InChI=1S/C12H11NO3S/c14-9-4-1-8(2-5-9)3-6-11-13-10(7-17-11)12(15)16/h1-6,10,14H,7H2,(H,15,16)/b6-3+/t10-/m0/s1. The van der Waals surface area contributed by atoms with Gasteiger partial charge in [-0.1, -0.05) is 18.2 Å². The topological polar surface area (TPSA) is 69.9 Å². The van der Waals surface area contributed by atoms with Gasteiger partial charge in [-0.3, -0.25) is 4.99 Å². The number of carbonyl (C=O) groups is 1. The average molecular weight is 249 g/mol. The molecule has 1 aromatic carbocycles. The number of hydrogen-bond donors (Lipinski definition) is 2. The van der Waals surface area contributed by atoms with E-state index in [2.05, 4.69) is 4.99 Å². The van der Waals surface area contributed by atoms with Gasteiger partial charge in [0.15, 0.2) is 6.04 Å². The second-order valence-electron chi connectivity index (χ2n) is 3.56. The summed E-state index contributed by atoms with van der Waals surface area (Å²) in [5, 5.41) is 18.6. The van der Waals surface area contributed by atoms with Gasteiger partial charge in [-0.2, -0.15) is 0 Å². The molecule has 1 aromatic rings. The van der Waals surface area contributed by atoms with Gasteiger partial charge in [-0.05, 0) is 23.8 Å². The molecule has 1 aliphatic heterocycles. The van der Waals surface area contributed by atoms with Gasteiger partial charge in [0.1, 0.15) is 5.75 Å². The molecule has 2 rings (SSSR count). The van der Waals surface area contributed by atoms with Crippen LogP contribution in [0.15, 0.2) is 35.3 Å². The van der Waals surface area contributed by atoms with Crippen LogP contribution in [-0.2, 0) is 4.79 Å². The highest BCUT2D eigenvalue weighted by Crippen LogP contribution is 2.20. The summed E-state index contributed by atoms with van der Waals surface area (Å²) in [5.74, 6) is -0.170. The van der Waals surface area contributed by atoms with Crippen LogP contribution in [0.2, 0.25) is 0 Å². The van der Waals surface area contributed by atoms with E-state index in [9.17, 15) is 4.79 Å². The van der Waals surface area contributed by atoms with Gasteiger partial charge >= 0.3 is 5.97 Å². The summed E-state index contributed by atoms with van der Waals surface area (Å²) in [5.41, 5.74) is 0.935. The maximum Gasteiger partial charge on any atom is 0.329 e. The van der Waals surface area contributed by atoms with Crippen LogP contribution in [0.4, 0.5) is 0 Å². The van der Waals surface area contributed by atoms with Crippen LogP contribution in [0.1, 0.15) is 5.56 Å². The molecule has 88 valence electrons. The van der Waals surface area contributed by atoms with E-state index in [0.717, 1.165) is 10.6 Å². The highest BCUT2D eigenvalue weighted by Gasteiger charge is 2.22. The maximum absolute atomic E-state index is 10.7. The fourth-order valence-corrected chi connectivity index (χ4v) is 2.27. The molecule has 1 heterocycles. The highest BCUT2D eigenvalue weighted by molar-refractivity contribution is 8.14. The van der Waals surface area contributed by atoms with Crippen molar-refractivity contribution >= 4 is 28.9 Å². The number of carboxylic acids is 1. The summed E-state index contributed by atoms with van der Waals surface area (Å²) in [7, 11) is 0. The van der Waals surface area contributed by atoms with E-state index in [1.54, 1.807) is 30.3 Å². The van der Waals surface area contributed by atoms with Crippen LogP contribution in [0, 0.1) is 0 Å². The summed E-state index contributed by atoms with van der Waals surface area (Å²) in [6.45, 7) is 0. The van der Waals surface area contributed by atoms with E-state index in [1.165, 1.54) is 11.8 Å². The quantitative estimate of drug-likeness (QED) is 0.859. The molecule has 1 aliphatic rings. The average Bonchev–Trinajstić information content (AvgIpc) is 2.77. The number of aromatic hydroxyl groups is 1. The minimum absolute atomic E-state index is 0.223. The molecule has 1 atom stereocenters. The molecule has 4 nitrogen and oxygen atoms in total. The molecule has 17 heavy (non-hydrogen) atoms. The Morgan fingerprint density at radius 3 is 2.65 bits per heavy atom. The molecule has 5 heteroatoms. The highest BCUT2D eigenvalue weighted by atomic mass is 32.2. The third-order valence-electron chi connectivity index (χ3n) is 2.27. The Morgan fingerprint density at radius 2 is 2.06 bits per heavy atom. The predicted octanol–water partition coefficient (Wildman–Crippen LogP) is 2.00. The first-order valence-electron chi connectivity index (χ1n) is 5.05. The van der Waals surface area contributed by atoms with Crippen LogP contribution < -0.4 is 0 Å². The predicted molar refractivity (Wildman–Crippen MR) is 68.5 cm³/mol. The molecule has 0 amide bonds. The van der Waals surface area contributed by atoms with Crippen molar-refractivity contribution in [1.82, 2.24) is 0 Å². The van der Waals surface area contributed by atoms with Gasteiger partial charge in [-0.25, -0.2) is 4.79 Å². The summed E-state index contributed by atoms with van der Waals surface area (Å²) in [4.78, 5) is 14.8. The van der Waals surface area contributed by atoms with Crippen LogP contribution in [0.3, 0.4) is 0 Å². The Kier molecular flexibility index (Phi) is 3.49. The summed E-state index contributed by atoms with van der Waals surface area (Å²) in [6.07, 6.45) is 3.63. The maximum atomic E-state index is 10.7. The van der Waals surface area contributed by atoms with E-state index in [0.29, 0.717) is 5.75 Å². The number of aliphatic carboxylic acids is 1. The fraction of sp³-hybridized carbons (Fsp3) is 0.167. The molecule has 0 fully saturated rings. The number of phenols is 1. The summed E-state index contributed by atoms with van der Waals surface area (Å²) in [6, 6.07) is 6.13. The van der Waals surface area contributed by atoms with Gasteiger partial charge in [0.05, 0.1) is 5.04 Å². The first-order valence-corrected chi connectivity index (χ1v) is 6.04. The number of phenolic OH excluding ortho intramolecular Hbond substituents is 1. The van der Waals surface area contributed by atoms with Crippen molar-refractivity contribution in [1.29, 1.82) is 0 Å². The Labute approximate surface area is 103 Å². The van der Waals surface area contributed by atoms with Gasteiger partial charge in [-0.15, -0.1) is 11.8 Å². The van der Waals surface area contributed by atoms with Crippen molar-refractivity contribution in [2.24, 2.45) is 4.99 Å². The molecule has 2 N–H and O–H groups in total. The van der Waals surface area contributed by atoms with E-state index >= 15 is 0 Å². The lowest BCUT2D eigenvalue weighted by Crippen LogP contribution is -2.16. The van der Waals surface area contributed by atoms with Gasteiger partial charge in [0.25, 0.3) is 0 Å². The fourth-order valence-electron chi connectivity index (χ4n) is 1.36. The molecule has 0 aromatic heterocycles. The van der Waals surface area contributed by atoms with E-state index in [-0.39, 0.29) is 5.75 Å². The molecule has 0 spiro atoms. The monoisotopic (exact) mass is 249 g/mol. The van der Waals surface area contributed by atoms with Crippen molar-refractivity contribution in [2.75, 3.05) is 5.75 Å². The van der Waals surface area contributed by atoms with E-state index in [1.807, 2.05) is 6.08 Å². The second-order valence-corrected chi connectivity index (χ2v) is 4.60. The van der Waals surface area contributed by atoms with Crippen molar-refractivity contribution in [3.05, 3.63) is 35.9 Å². The molecule has 0 saturated carbocycles. The zero-order chi connectivity index (χ0) is 12.3. The lowest BCUT2D eigenvalue weighted by molar-refractivity contribution is -0.137. The minimum atomic E-state index is -0.884. The van der Waals surface area contributed by atoms with Gasteiger partial charge in [0.2, 0.25) is 0 Å². The summed E-state index contributed by atoms with van der Waals surface area (Å²) < 4.78 is 0. The number of carboxylic acid groups (broad SMARTS) is 1. The lowest BCUT2D eigenvalue weighted by Gasteiger charge is -1.94. The Balaban J connectivity index is 2.04. The van der Waals surface area contributed by atoms with Crippen molar-refractivity contribution in [3.8, 4) is 5.75 Å². The molecule has 0 bridgehead atoms. The summed E-state index contributed by atoms with van der Waals surface area (Å²) >= 11 is 1.43. The number of benzene rings is 1. The Bertz CT molecular complexity index is 479. The Hall–Kier alpha value is -1.75. The molecular weight excluding hydrogens is 238 g/mol. The first-order chi connectivity index (χ1) is 8.15. The molecular formula is C12H11NO3S. The van der Waals surface area contributed by atoms with Gasteiger partial charge in [0, 0.05) is 5.75 Å². The largest absolute Gasteiger partial charge is 0.508 e. The third-order valence-corrected chi connectivity index (χ3v) is 3.29. The number of aliphatic imine (C=N–C) groups is 1. The molecule has 0 saturated heterocycles. The molecule has 0 unspecified atom stereocenters. The van der Waals surface area contributed by atoms with Gasteiger partial charge < -0.3 is 10.2 Å².